The highest BCUT2D eigenvalue weighted by atomic mass is 19.4. The zero-order valence-electron chi connectivity index (χ0n) is 12.6. The van der Waals surface area contributed by atoms with Crippen molar-refractivity contribution in [2.24, 2.45) is 0 Å². The van der Waals surface area contributed by atoms with Gasteiger partial charge in [-0.05, 0) is 42.9 Å². The standard InChI is InChI=1S/C16H18F3NO3/c1-10(11-3-5-12(6-4-11)16(17,18)19)9-13(21)20-15(14(22)23)7-2-8-15/h3-6,10H,2,7-9H2,1H3,(H,20,21)(H,22,23). The van der Waals surface area contributed by atoms with Crippen LogP contribution in [0.4, 0.5) is 13.2 Å². The van der Waals surface area contributed by atoms with Crippen LogP contribution in [-0.2, 0) is 15.8 Å². The lowest BCUT2D eigenvalue weighted by Gasteiger charge is -2.38. The monoisotopic (exact) mass is 329 g/mol. The van der Waals surface area contributed by atoms with Crippen molar-refractivity contribution >= 4 is 11.9 Å². The number of hydrogen-bond donors (Lipinski definition) is 2. The Bertz CT molecular complexity index is 592. The first-order chi connectivity index (χ1) is 10.6. The number of nitrogens with one attached hydrogen (secondary N) is 1. The van der Waals surface area contributed by atoms with Crippen LogP contribution in [0.1, 0.15) is 49.7 Å². The fourth-order valence-corrected chi connectivity index (χ4v) is 2.64. The summed E-state index contributed by atoms with van der Waals surface area (Å²) < 4.78 is 37.6. The van der Waals surface area contributed by atoms with Crippen molar-refractivity contribution in [3.63, 3.8) is 0 Å². The van der Waals surface area contributed by atoms with Gasteiger partial charge < -0.3 is 10.4 Å². The molecule has 0 aliphatic heterocycles. The highest BCUT2D eigenvalue weighted by molar-refractivity contribution is 5.88. The number of benzene rings is 1. The van der Waals surface area contributed by atoms with E-state index in [4.69, 9.17) is 5.11 Å². The van der Waals surface area contributed by atoms with E-state index in [1.165, 1.54) is 12.1 Å². The van der Waals surface area contributed by atoms with Crippen LogP contribution in [0, 0.1) is 0 Å². The lowest BCUT2D eigenvalue weighted by atomic mass is 9.76. The molecule has 126 valence electrons. The summed E-state index contributed by atoms with van der Waals surface area (Å²) in [6.07, 6.45) is -2.80. The number of hydrogen-bond acceptors (Lipinski definition) is 2. The van der Waals surface area contributed by atoms with E-state index in [1.54, 1.807) is 6.92 Å². The average Bonchev–Trinajstić information content (AvgIpc) is 2.41. The molecular formula is C16H18F3NO3. The summed E-state index contributed by atoms with van der Waals surface area (Å²) in [5.74, 6) is -1.75. The zero-order chi connectivity index (χ0) is 17.3. The van der Waals surface area contributed by atoms with Crippen molar-refractivity contribution in [1.29, 1.82) is 0 Å². The van der Waals surface area contributed by atoms with Crippen LogP contribution in [0.25, 0.3) is 0 Å². The number of amides is 1. The third-order valence-corrected chi connectivity index (χ3v) is 4.29. The van der Waals surface area contributed by atoms with Gasteiger partial charge in [-0.3, -0.25) is 4.79 Å². The number of halogens is 3. The van der Waals surface area contributed by atoms with Crippen molar-refractivity contribution in [1.82, 2.24) is 5.32 Å². The topological polar surface area (TPSA) is 66.4 Å². The van der Waals surface area contributed by atoms with Crippen LogP contribution in [-0.4, -0.2) is 22.5 Å². The molecule has 1 saturated carbocycles. The summed E-state index contributed by atoms with van der Waals surface area (Å²) in [6, 6.07) is 4.65. The molecule has 1 aliphatic carbocycles. The van der Waals surface area contributed by atoms with Crippen LogP contribution in [0.2, 0.25) is 0 Å². The van der Waals surface area contributed by atoms with E-state index in [0.29, 0.717) is 18.4 Å². The molecule has 2 N–H and O–H groups in total. The Hall–Kier alpha value is -2.05. The summed E-state index contributed by atoms with van der Waals surface area (Å²) >= 11 is 0. The molecule has 23 heavy (non-hydrogen) atoms. The van der Waals surface area contributed by atoms with Gasteiger partial charge in [0.15, 0.2) is 0 Å². The molecule has 7 heteroatoms. The summed E-state index contributed by atoms with van der Waals surface area (Å²) in [7, 11) is 0. The predicted molar refractivity (Wildman–Crippen MR) is 76.8 cm³/mol. The summed E-state index contributed by atoms with van der Waals surface area (Å²) in [5.41, 5.74) is -1.31. The highest BCUT2D eigenvalue weighted by Crippen LogP contribution is 2.33. The molecule has 1 fully saturated rings. The molecule has 1 amide bonds. The minimum atomic E-state index is -4.39. The number of alkyl halides is 3. The third-order valence-electron chi connectivity index (χ3n) is 4.29. The maximum atomic E-state index is 12.5. The molecule has 1 aliphatic rings. The van der Waals surface area contributed by atoms with Crippen molar-refractivity contribution in [2.75, 3.05) is 0 Å². The van der Waals surface area contributed by atoms with Crippen LogP contribution in [0.5, 0.6) is 0 Å². The van der Waals surface area contributed by atoms with E-state index in [9.17, 15) is 22.8 Å². The quantitative estimate of drug-likeness (QED) is 0.871. The summed E-state index contributed by atoms with van der Waals surface area (Å²) in [6.45, 7) is 1.72. The fourth-order valence-electron chi connectivity index (χ4n) is 2.64. The van der Waals surface area contributed by atoms with Gasteiger partial charge in [-0.2, -0.15) is 13.2 Å². The van der Waals surface area contributed by atoms with E-state index >= 15 is 0 Å². The van der Waals surface area contributed by atoms with E-state index in [0.717, 1.165) is 18.6 Å². The van der Waals surface area contributed by atoms with E-state index in [1.807, 2.05) is 0 Å². The zero-order valence-corrected chi connectivity index (χ0v) is 12.6. The maximum Gasteiger partial charge on any atom is 0.416 e. The van der Waals surface area contributed by atoms with Crippen molar-refractivity contribution < 1.29 is 27.9 Å². The second-order valence-electron chi connectivity index (χ2n) is 6.01. The van der Waals surface area contributed by atoms with E-state index in [-0.39, 0.29) is 12.3 Å². The molecule has 4 nitrogen and oxygen atoms in total. The van der Waals surface area contributed by atoms with Crippen molar-refractivity contribution in [3.8, 4) is 0 Å². The van der Waals surface area contributed by atoms with Gasteiger partial charge >= 0.3 is 12.1 Å². The molecule has 2 rings (SSSR count). The van der Waals surface area contributed by atoms with Gasteiger partial charge in [0.1, 0.15) is 5.54 Å². The van der Waals surface area contributed by atoms with Crippen LogP contribution < -0.4 is 5.32 Å². The Balaban J connectivity index is 1.97. The number of carbonyl (C=O) groups excluding carboxylic acids is 1. The lowest BCUT2D eigenvalue weighted by Crippen LogP contribution is -2.59. The molecule has 0 radical (unpaired) electrons. The first-order valence-electron chi connectivity index (χ1n) is 7.36. The Morgan fingerprint density at radius 2 is 1.83 bits per heavy atom. The summed E-state index contributed by atoms with van der Waals surface area (Å²) in [4.78, 5) is 23.2. The summed E-state index contributed by atoms with van der Waals surface area (Å²) in [5, 5.41) is 11.7. The van der Waals surface area contributed by atoms with Gasteiger partial charge in [0.2, 0.25) is 5.91 Å². The molecule has 1 unspecified atom stereocenters. The molecule has 1 aromatic carbocycles. The maximum absolute atomic E-state index is 12.5. The second-order valence-corrected chi connectivity index (χ2v) is 6.01. The molecule has 0 spiro atoms. The molecule has 0 saturated heterocycles. The van der Waals surface area contributed by atoms with Gasteiger partial charge in [0.05, 0.1) is 5.56 Å². The molecule has 1 aromatic rings. The molecule has 0 aromatic heterocycles. The average molecular weight is 329 g/mol. The number of rotatable bonds is 5. The van der Waals surface area contributed by atoms with Gasteiger partial charge in [0.25, 0.3) is 0 Å². The normalized spacial score (nSPS) is 17.9. The predicted octanol–water partition coefficient (Wildman–Crippen LogP) is 3.32. The van der Waals surface area contributed by atoms with E-state index < -0.39 is 29.2 Å². The van der Waals surface area contributed by atoms with Gasteiger partial charge in [-0.25, -0.2) is 4.79 Å². The number of carbonyl (C=O) groups is 2. The number of carboxylic acid groups (broad SMARTS) is 1. The lowest BCUT2D eigenvalue weighted by molar-refractivity contribution is -0.151. The minimum Gasteiger partial charge on any atom is -0.480 e. The molecule has 0 bridgehead atoms. The van der Waals surface area contributed by atoms with Gasteiger partial charge in [-0.15, -0.1) is 0 Å². The second kappa shape index (κ2) is 6.22. The Morgan fingerprint density at radius 1 is 1.26 bits per heavy atom. The Kier molecular flexibility index (Phi) is 4.68. The minimum absolute atomic E-state index is 0.0282. The number of carboxylic acids is 1. The molecule has 0 heterocycles. The van der Waals surface area contributed by atoms with Gasteiger partial charge in [-0.1, -0.05) is 19.1 Å². The molecule has 1 atom stereocenters. The van der Waals surface area contributed by atoms with Crippen LogP contribution in [0.3, 0.4) is 0 Å². The number of aliphatic carboxylic acids is 1. The third kappa shape index (κ3) is 3.83. The smallest absolute Gasteiger partial charge is 0.416 e. The first-order valence-corrected chi connectivity index (χ1v) is 7.36. The fraction of sp³-hybridized carbons (Fsp3) is 0.500. The first kappa shape index (κ1) is 17.3. The van der Waals surface area contributed by atoms with Crippen LogP contribution >= 0.6 is 0 Å². The van der Waals surface area contributed by atoms with Crippen molar-refractivity contribution in [3.05, 3.63) is 35.4 Å². The van der Waals surface area contributed by atoms with Gasteiger partial charge in [0, 0.05) is 6.42 Å². The van der Waals surface area contributed by atoms with Crippen LogP contribution in [0.15, 0.2) is 24.3 Å². The Morgan fingerprint density at radius 3 is 2.22 bits per heavy atom. The highest BCUT2D eigenvalue weighted by Gasteiger charge is 2.45. The Labute approximate surface area is 131 Å². The largest absolute Gasteiger partial charge is 0.480 e. The van der Waals surface area contributed by atoms with Crippen molar-refractivity contribution in [2.45, 2.75) is 50.2 Å². The molecular weight excluding hydrogens is 311 g/mol. The SMILES string of the molecule is CC(CC(=O)NC1(C(=O)O)CCC1)c1ccc(C(F)(F)F)cc1. The van der Waals surface area contributed by atoms with E-state index in [2.05, 4.69) is 5.32 Å².